The number of anilines is 3. The lowest BCUT2D eigenvalue weighted by Gasteiger charge is -2.35. The molecule has 0 spiro atoms. The van der Waals surface area contributed by atoms with Crippen LogP contribution in [0.15, 0.2) is 241 Å². The summed E-state index contributed by atoms with van der Waals surface area (Å²) in [6, 6.07) is 71.1. The van der Waals surface area contributed by atoms with Gasteiger partial charge < -0.3 is 9.32 Å². The van der Waals surface area contributed by atoms with Gasteiger partial charge in [0, 0.05) is 39.8 Å². The second kappa shape index (κ2) is 14.3. The second-order valence-corrected chi connectivity index (χ2v) is 16.4. The SMILES string of the molecule is C1=CC2=CC=C(c3cccc(-c4ccc(N(c5ccc6c(c5)C(c5ccccc5)(c5ccccc5)c5ccccc5-6)c5ccc6c(c5)oc5ccccc56)cc4)c3)CC2C=C1. The minimum Gasteiger partial charge on any atom is -0.456 e. The van der Waals surface area contributed by atoms with Crippen LogP contribution in [0.1, 0.15) is 34.2 Å². The Morgan fingerprint density at radius 2 is 1.13 bits per heavy atom. The molecule has 0 aliphatic heterocycles. The van der Waals surface area contributed by atoms with E-state index in [1.165, 1.54) is 61.2 Å². The van der Waals surface area contributed by atoms with Gasteiger partial charge in [0.1, 0.15) is 11.2 Å². The molecule has 1 aromatic heterocycles. The van der Waals surface area contributed by atoms with Crippen LogP contribution in [0.5, 0.6) is 0 Å². The third kappa shape index (κ3) is 5.71. The van der Waals surface area contributed by atoms with Gasteiger partial charge >= 0.3 is 0 Å². The van der Waals surface area contributed by atoms with Crippen molar-refractivity contribution in [3.05, 3.63) is 264 Å². The Morgan fingerprint density at radius 1 is 0.459 bits per heavy atom. The monoisotopic (exact) mass is 779 g/mol. The standard InChI is InChI=1S/C59H41NO/c1-3-18-46(19-4-1)59(47-20-5-2-6-21-47)55-24-11-9-22-51(55)52-34-32-49(38-56(52)59)60(50-33-35-54-53-23-10-12-25-57(53)61-58(54)39-50)48-30-28-41(29-31-48)43-16-13-17-44(36-43)45-27-26-40-14-7-8-15-42(40)37-45/h1-36,38-39,42H,37H2. The number of benzene rings is 8. The molecule has 1 unspecified atom stereocenters. The van der Waals surface area contributed by atoms with E-state index in [-0.39, 0.29) is 0 Å². The third-order valence-corrected chi connectivity index (χ3v) is 13.1. The van der Waals surface area contributed by atoms with Gasteiger partial charge in [-0.05, 0) is 116 Å². The van der Waals surface area contributed by atoms with Gasteiger partial charge in [-0.3, -0.25) is 0 Å². The molecule has 8 aromatic carbocycles. The van der Waals surface area contributed by atoms with Crippen LogP contribution >= 0.6 is 0 Å². The summed E-state index contributed by atoms with van der Waals surface area (Å²) in [5.41, 5.74) is 18.5. The van der Waals surface area contributed by atoms with Crippen molar-refractivity contribution in [3.8, 4) is 22.3 Å². The largest absolute Gasteiger partial charge is 0.456 e. The van der Waals surface area contributed by atoms with Gasteiger partial charge in [0.2, 0.25) is 0 Å². The number of para-hydroxylation sites is 1. The lowest BCUT2D eigenvalue weighted by atomic mass is 9.67. The average molecular weight is 780 g/mol. The van der Waals surface area contributed by atoms with Gasteiger partial charge in [-0.1, -0.05) is 176 Å². The number of hydrogen-bond acceptors (Lipinski definition) is 2. The molecule has 0 amide bonds. The van der Waals surface area contributed by atoms with Crippen molar-refractivity contribution in [3.63, 3.8) is 0 Å². The van der Waals surface area contributed by atoms with Crippen molar-refractivity contribution in [2.45, 2.75) is 11.8 Å². The highest BCUT2D eigenvalue weighted by atomic mass is 16.3. The lowest BCUT2D eigenvalue weighted by molar-refractivity contribution is 0.669. The number of hydrogen-bond donors (Lipinski definition) is 0. The molecule has 288 valence electrons. The molecular formula is C59H41NO. The van der Waals surface area contributed by atoms with Crippen LogP contribution in [0.4, 0.5) is 17.1 Å². The maximum Gasteiger partial charge on any atom is 0.137 e. The van der Waals surface area contributed by atoms with E-state index in [9.17, 15) is 0 Å². The summed E-state index contributed by atoms with van der Waals surface area (Å²) in [6.45, 7) is 0. The molecule has 9 aromatic rings. The van der Waals surface area contributed by atoms with E-state index >= 15 is 0 Å². The summed E-state index contributed by atoms with van der Waals surface area (Å²) < 4.78 is 6.51. The summed E-state index contributed by atoms with van der Waals surface area (Å²) in [5.74, 6) is 0.441. The zero-order valence-electron chi connectivity index (χ0n) is 33.6. The molecule has 0 bridgehead atoms. The molecule has 0 fully saturated rings. The number of allylic oxidation sites excluding steroid dienone is 8. The first kappa shape index (κ1) is 35.3. The van der Waals surface area contributed by atoms with E-state index in [0.717, 1.165) is 45.4 Å². The quantitative estimate of drug-likeness (QED) is 0.160. The van der Waals surface area contributed by atoms with E-state index in [0.29, 0.717) is 5.92 Å². The van der Waals surface area contributed by atoms with Crippen molar-refractivity contribution in [2.75, 3.05) is 4.90 Å². The van der Waals surface area contributed by atoms with Crippen LogP contribution in [-0.2, 0) is 5.41 Å². The minimum atomic E-state index is -0.511. The van der Waals surface area contributed by atoms with Crippen molar-refractivity contribution >= 4 is 44.6 Å². The van der Waals surface area contributed by atoms with Crippen molar-refractivity contribution in [1.29, 1.82) is 0 Å². The highest BCUT2D eigenvalue weighted by Crippen LogP contribution is 2.57. The van der Waals surface area contributed by atoms with Crippen LogP contribution in [0, 0.1) is 5.92 Å². The van der Waals surface area contributed by atoms with Gasteiger partial charge in [0.25, 0.3) is 0 Å². The Bertz CT molecular complexity index is 3230. The molecule has 3 aliphatic rings. The molecule has 2 nitrogen and oxygen atoms in total. The Morgan fingerprint density at radius 3 is 1.97 bits per heavy atom. The van der Waals surface area contributed by atoms with E-state index < -0.39 is 5.41 Å². The molecule has 2 heteroatoms. The molecule has 12 rings (SSSR count). The molecule has 61 heavy (non-hydrogen) atoms. The topological polar surface area (TPSA) is 16.4 Å². The number of furan rings is 1. The van der Waals surface area contributed by atoms with Crippen molar-refractivity contribution < 1.29 is 4.42 Å². The zero-order chi connectivity index (χ0) is 40.3. The van der Waals surface area contributed by atoms with E-state index in [1.54, 1.807) is 0 Å². The summed E-state index contributed by atoms with van der Waals surface area (Å²) in [5, 5.41) is 2.24. The highest BCUT2D eigenvalue weighted by molar-refractivity contribution is 6.06. The highest BCUT2D eigenvalue weighted by Gasteiger charge is 2.46. The van der Waals surface area contributed by atoms with E-state index in [1.807, 2.05) is 6.07 Å². The summed E-state index contributed by atoms with van der Waals surface area (Å²) in [7, 11) is 0. The lowest BCUT2D eigenvalue weighted by Crippen LogP contribution is -2.28. The first-order valence-electron chi connectivity index (χ1n) is 21.3. The Kier molecular flexibility index (Phi) is 8.24. The van der Waals surface area contributed by atoms with Crippen LogP contribution < -0.4 is 4.90 Å². The van der Waals surface area contributed by atoms with Gasteiger partial charge in [-0.15, -0.1) is 0 Å². The number of rotatable bonds is 7. The first-order valence-corrected chi connectivity index (χ1v) is 21.3. The molecule has 0 saturated heterocycles. The third-order valence-electron chi connectivity index (χ3n) is 13.1. The smallest absolute Gasteiger partial charge is 0.137 e. The summed E-state index contributed by atoms with van der Waals surface area (Å²) in [6.07, 6.45) is 14.5. The molecule has 1 atom stereocenters. The summed E-state index contributed by atoms with van der Waals surface area (Å²) >= 11 is 0. The maximum atomic E-state index is 6.51. The molecule has 0 saturated carbocycles. The normalized spacial score (nSPS) is 15.8. The zero-order valence-corrected chi connectivity index (χ0v) is 33.6. The average Bonchev–Trinajstić information content (AvgIpc) is 3.85. The van der Waals surface area contributed by atoms with E-state index in [4.69, 9.17) is 4.42 Å². The molecule has 3 aliphatic carbocycles. The fourth-order valence-electron chi connectivity index (χ4n) is 10.3. The van der Waals surface area contributed by atoms with E-state index in [2.05, 4.69) is 229 Å². The maximum absolute atomic E-state index is 6.51. The van der Waals surface area contributed by atoms with Crippen LogP contribution in [0.2, 0.25) is 0 Å². The Hall–Kier alpha value is -7.68. The molecule has 0 N–H and O–H groups in total. The first-order chi connectivity index (χ1) is 30.2. The Labute approximate surface area is 356 Å². The fraction of sp³-hybridized carbons (Fsp3) is 0.0508. The van der Waals surface area contributed by atoms with Crippen molar-refractivity contribution in [2.24, 2.45) is 5.92 Å². The Balaban J connectivity index is 1.01. The van der Waals surface area contributed by atoms with Gasteiger partial charge in [-0.25, -0.2) is 0 Å². The van der Waals surface area contributed by atoms with Gasteiger partial charge in [-0.2, -0.15) is 0 Å². The predicted molar refractivity (Wildman–Crippen MR) is 254 cm³/mol. The van der Waals surface area contributed by atoms with Crippen molar-refractivity contribution in [1.82, 2.24) is 0 Å². The summed E-state index contributed by atoms with van der Waals surface area (Å²) in [4.78, 5) is 2.39. The molecule has 1 heterocycles. The fourth-order valence-corrected chi connectivity index (χ4v) is 10.3. The van der Waals surface area contributed by atoms with Gasteiger partial charge in [0.15, 0.2) is 0 Å². The van der Waals surface area contributed by atoms with Gasteiger partial charge in [0.05, 0.1) is 5.41 Å². The number of fused-ring (bicyclic) bond motifs is 7. The predicted octanol–water partition coefficient (Wildman–Crippen LogP) is 15.5. The van der Waals surface area contributed by atoms with Crippen LogP contribution in [-0.4, -0.2) is 0 Å². The minimum absolute atomic E-state index is 0.441. The van der Waals surface area contributed by atoms with Crippen LogP contribution in [0.25, 0.3) is 49.8 Å². The molecular weight excluding hydrogens is 739 g/mol. The van der Waals surface area contributed by atoms with Crippen LogP contribution in [0.3, 0.4) is 0 Å². The number of nitrogens with zero attached hydrogens (tertiary/aromatic N) is 1. The molecule has 0 radical (unpaired) electrons. The second-order valence-electron chi connectivity index (χ2n) is 16.4.